The third-order valence-electron chi connectivity index (χ3n) is 5.95. The molecule has 3 amide bonds. The summed E-state index contributed by atoms with van der Waals surface area (Å²) in [6.45, 7) is 2.06. The number of ether oxygens (including phenoxy) is 1. The topological polar surface area (TPSA) is 79.0 Å². The van der Waals surface area contributed by atoms with E-state index in [1.807, 2.05) is 65.6 Å². The van der Waals surface area contributed by atoms with Gasteiger partial charge in [-0.05, 0) is 36.8 Å². The molecule has 1 N–H and O–H groups in total. The lowest BCUT2D eigenvalue weighted by molar-refractivity contribution is -0.128. The van der Waals surface area contributed by atoms with Gasteiger partial charge in [0.05, 0.1) is 7.11 Å². The van der Waals surface area contributed by atoms with Gasteiger partial charge in [0.25, 0.3) is 0 Å². The number of carbonyl (C=O) groups is 3. The van der Waals surface area contributed by atoms with Crippen LogP contribution < -0.4 is 5.32 Å². The Bertz CT molecular complexity index is 904. The Labute approximate surface area is 195 Å². The van der Waals surface area contributed by atoms with Crippen molar-refractivity contribution in [1.29, 1.82) is 0 Å². The van der Waals surface area contributed by atoms with Crippen molar-refractivity contribution >= 4 is 17.9 Å². The van der Waals surface area contributed by atoms with Gasteiger partial charge in [-0.3, -0.25) is 14.5 Å². The summed E-state index contributed by atoms with van der Waals surface area (Å²) >= 11 is 0. The first-order chi connectivity index (χ1) is 16.1. The molecule has 0 bridgehead atoms. The van der Waals surface area contributed by atoms with Gasteiger partial charge in [-0.15, -0.1) is 0 Å². The zero-order valence-electron chi connectivity index (χ0n) is 19.2. The number of aryl methyl sites for hydroxylation is 1. The van der Waals surface area contributed by atoms with E-state index in [4.69, 9.17) is 4.74 Å². The largest absolute Gasteiger partial charge is 0.453 e. The van der Waals surface area contributed by atoms with Gasteiger partial charge in [0.1, 0.15) is 6.04 Å². The summed E-state index contributed by atoms with van der Waals surface area (Å²) in [5.74, 6) is -0.0571. The van der Waals surface area contributed by atoms with Crippen LogP contribution in [0.4, 0.5) is 4.79 Å². The zero-order valence-corrected chi connectivity index (χ0v) is 19.2. The van der Waals surface area contributed by atoms with Gasteiger partial charge in [0.15, 0.2) is 0 Å². The first-order valence-electron chi connectivity index (χ1n) is 11.6. The van der Waals surface area contributed by atoms with Crippen LogP contribution in [0.2, 0.25) is 0 Å². The SMILES string of the molecule is COC(=O)N(CCCN1CCCC1=O)C(CCc1ccccc1)C(=O)NCc1ccccc1. The van der Waals surface area contributed by atoms with Crippen LogP contribution in [-0.2, 0) is 27.3 Å². The molecule has 1 fully saturated rings. The van der Waals surface area contributed by atoms with E-state index in [2.05, 4.69) is 5.32 Å². The summed E-state index contributed by atoms with van der Waals surface area (Å²) in [6, 6.07) is 18.9. The minimum atomic E-state index is -0.671. The Morgan fingerprint density at radius 3 is 2.33 bits per heavy atom. The number of likely N-dealkylation sites (tertiary alicyclic amines) is 1. The van der Waals surface area contributed by atoms with Crippen molar-refractivity contribution in [3.8, 4) is 0 Å². The van der Waals surface area contributed by atoms with Crippen LogP contribution in [0, 0.1) is 0 Å². The molecular formula is C26H33N3O4. The molecule has 2 aromatic rings. The van der Waals surface area contributed by atoms with Crippen molar-refractivity contribution < 1.29 is 19.1 Å². The number of nitrogens with one attached hydrogen (secondary N) is 1. The predicted octanol–water partition coefficient (Wildman–Crippen LogP) is 3.39. The van der Waals surface area contributed by atoms with Crippen molar-refractivity contribution in [2.75, 3.05) is 26.7 Å². The van der Waals surface area contributed by atoms with E-state index in [1.165, 1.54) is 12.0 Å². The first kappa shape index (κ1) is 24.3. The average Bonchev–Trinajstić information content (AvgIpc) is 3.27. The molecule has 1 heterocycles. The maximum Gasteiger partial charge on any atom is 0.410 e. The second-order valence-electron chi connectivity index (χ2n) is 8.24. The van der Waals surface area contributed by atoms with Crippen molar-refractivity contribution in [1.82, 2.24) is 15.1 Å². The van der Waals surface area contributed by atoms with E-state index >= 15 is 0 Å². The Balaban J connectivity index is 1.69. The zero-order chi connectivity index (χ0) is 23.5. The maximum absolute atomic E-state index is 13.2. The van der Waals surface area contributed by atoms with Crippen LogP contribution in [-0.4, -0.2) is 60.5 Å². The van der Waals surface area contributed by atoms with Crippen LogP contribution in [0.3, 0.4) is 0 Å². The number of nitrogens with zero attached hydrogens (tertiary/aromatic N) is 2. The smallest absolute Gasteiger partial charge is 0.410 e. The lowest BCUT2D eigenvalue weighted by Crippen LogP contribution is -2.50. The summed E-state index contributed by atoms with van der Waals surface area (Å²) in [7, 11) is 1.33. The van der Waals surface area contributed by atoms with Gasteiger partial charge < -0.3 is 15.0 Å². The number of carbonyl (C=O) groups excluding carboxylic acids is 3. The number of methoxy groups -OCH3 is 1. The van der Waals surface area contributed by atoms with E-state index in [1.54, 1.807) is 0 Å². The normalized spacial score (nSPS) is 14.1. The lowest BCUT2D eigenvalue weighted by Gasteiger charge is -2.30. The van der Waals surface area contributed by atoms with Crippen molar-refractivity contribution in [3.05, 3.63) is 71.8 Å². The van der Waals surface area contributed by atoms with Crippen LogP contribution in [0.1, 0.15) is 36.8 Å². The molecule has 0 saturated carbocycles. The van der Waals surface area contributed by atoms with Gasteiger partial charge in [0, 0.05) is 32.6 Å². The number of amides is 3. The van der Waals surface area contributed by atoms with Crippen LogP contribution in [0.15, 0.2) is 60.7 Å². The lowest BCUT2D eigenvalue weighted by atomic mass is 10.0. The van der Waals surface area contributed by atoms with E-state index in [9.17, 15) is 14.4 Å². The fourth-order valence-electron chi connectivity index (χ4n) is 4.14. The molecule has 0 spiro atoms. The average molecular weight is 452 g/mol. The molecule has 33 heavy (non-hydrogen) atoms. The highest BCUT2D eigenvalue weighted by Gasteiger charge is 2.30. The van der Waals surface area contributed by atoms with Crippen LogP contribution >= 0.6 is 0 Å². The molecular weight excluding hydrogens is 418 g/mol. The van der Waals surface area contributed by atoms with Crippen LogP contribution in [0.25, 0.3) is 0 Å². The molecule has 0 radical (unpaired) electrons. The number of hydrogen-bond donors (Lipinski definition) is 1. The Kier molecular flexibility index (Phi) is 9.30. The van der Waals surface area contributed by atoms with Crippen molar-refractivity contribution in [2.24, 2.45) is 0 Å². The summed E-state index contributed by atoms with van der Waals surface area (Å²) < 4.78 is 5.03. The van der Waals surface area contributed by atoms with Gasteiger partial charge in [-0.2, -0.15) is 0 Å². The highest BCUT2D eigenvalue weighted by atomic mass is 16.5. The standard InChI is InChI=1S/C26H33N3O4/c1-33-26(32)29(19-9-18-28-17-8-14-24(28)30)23(16-15-21-10-4-2-5-11-21)25(31)27-20-22-12-6-3-7-13-22/h2-7,10-13,23H,8-9,14-20H2,1H3,(H,27,31). The molecule has 1 aliphatic heterocycles. The summed E-state index contributed by atoms with van der Waals surface area (Å²) in [6.07, 6.45) is 2.65. The summed E-state index contributed by atoms with van der Waals surface area (Å²) in [5.41, 5.74) is 2.09. The van der Waals surface area contributed by atoms with Crippen LogP contribution in [0.5, 0.6) is 0 Å². The van der Waals surface area contributed by atoms with Gasteiger partial charge in [-0.25, -0.2) is 4.79 Å². The third-order valence-corrected chi connectivity index (χ3v) is 5.95. The molecule has 1 aliphatic rings. The minimum absolute atomic E-state index is 0.154. The molecule has 176 valence electrons. The van der Waals surface area contributed by atoms with E-state index < -0.39 is 12.1 Å². The van der Waals surface area contributed by atoms with Crippen molar-refractivity contribution in [2.45, 2.75) is 44.7 Å². The van der Waals surface area contributed by atoms with E-state index in [-0.39, 0.29) is 11.8 Å². The predicted molar refractivity (Wildman–Crippen MR) is 126 cm³/mol. The molecule has 0 aliphatic carbocycles. The fraction of sp³-hybridized carbons (Fsp3) is 0.423. The van der Waals surface area contributed by atoms with E-state index in [0.29, 0.717) is 45.3 Å². The molecule has 1 saturated heterocycles. The Morgan fingerprint density at radius 1 is 1.06 bits per heavy atom. The van der Waals surface area contributed by atoms with Crippen molar-refractivity contribution in [3.63, 3.8) is 0 Å². The second kappa shape index (κ2) is 12.6. The van der Waals surface area contributed by atoms with Gasteiger partial charge in [0.2, 0.25) is 11.8 Å². The Morgan fingerprint density at radius 2 is 1.73 bits per heavy atom. The number of benzene rings is 2. The minimum Gasteiger partial charge on any atom is -0.453 e. The first-order valence-corrected chi connectivity index (χ1v) is 11.6. The Hall–Kier alpha value is -3.35. The highest BCUT2D eigenvalue weighted by molar-refractivity contribution is 5.85. The van der Waals surface area contributed by atoms with Gasteiger partial charge in [-0.1, -0.05) is 60.7 Å². The molecule has 7 nitrogen and oxygen atoms in total. The van der Waals surface area contributed by atoms with Gasteiger partial charge >= 0.3 is 6.09 Å². The number of rotatable bonds is 11. The quantitative estimate of drug-likeness (QED) is 0.568. The number of hydrogen-bond acceptors (Lipinski definition) is 4. The summed E-state index contributed by atoms with van der Waals surface area (Å²) in [4.78, 5) is 41.2. The van der Waals surface area contributed by atoms with E-state index in [0.717, 1.165) is 24.1 Å². The fourth-order valence-corrected chi connectivity index (χ4v) is 4.14. The maximum atomic E-state index is 13.2. The molecule has 1 unspecified atom stereocenters. The third kappa shape index (κ3) is 7.34. The molecule has 3 rings (SSSR count). The molecule has 1 atom stereocenters. The summed E-state index contributed by atoms with van der Waals surface area (Å²) in [5, 5.41) is 2.98. The molecule has 2 aromatic carbocycles. The highest BCUT2D eigenvalue weighted by Crippen LogP contribution is 2.15. The second-order valence-corrected chi connectivity index (χ2v) is 8.24. The molecule has 0 aromatic heterocycles. The molecule has 7 heteroatoms. The monoisotopic (exact) mass is 451 g/mol.